The zero-order valence-electron chi connectivity index (χ0n) is 12.5. The third kappa shape index (κ3) is 2.82. The fourth-order valence-corrected chi connectivity index (χ4v) is 4.20. The molecule has 4 nitrogen and oxygen atoms in total. The Kier molecular flexibility index (Phi) is 3.87. The lowest BCUT2D eigenvalue weighted by Crippen LogP contribution is -2.64. The lowest BCUT2D eigenvalue weighted by molar-refractivity contribution is -0.111. The van der Waals surface area contributed by atoms with Crippen LogP contribution in [-0.2, 0) is 4.74 Å². The third-order valence-electron chi connectivity index (χ3n) is 5.23. The van der Waals surface area contributed by atoms with Crippen LogP contribution in [0.3, 0.4) is 0 Å². The molecule has 19 heavy (non-hydrogen) atoms. The average molecular weight is 267 g/mol. The Morgan fingerprint density at radius 3 is 2.11 bits per heavy atom. The molecule has 0 aromatic rings. The van der Waals surface area contributed by atoms with Gasteiger partial charge in [0.2, 0.25) is 0 Å². The number of nitrogens with two attached hydrogens (primary N) is 1. The lowest BCUT2D eigenvalue weighted by Gasteiger charge is -2.52. The van der Waals surface area contributed by atoms with Crippen molar-refractivity contribution in [2.45, 2.75) is 63.3 Å². The predicted molar refractivity (Wildman–Crippen MR) is 77.2 cm³/mol. The zero-order chi connectivity index (χ0) is 13.5. The van der Waals surface area contributed by atoms with Crippen LogP contribution in [0.25, 0.3) is 0 Å². The fraction of sp³-hybridized carbons (Fsp3) is 1.00. The van der Waals surface area contributed by atoms with Gasteiger partial charge in [-0.3, -0.25) is 9.80 Å². The van der Waals surface area contributed by atoms with Gasteiger partial charge in [0, 0.05) is 44.3 Å². The van der Waals surface area contributed by atoms with Crippen molar-refractivity contribution >= 4 is 0 Å². The van der Waals surface area contributed by atoms with Crippen LogP contribution in [0.1, 0.15) is 39.5 Å². The molecule has 2 saturated heterocycles. The number of rotatable bonds is 3. The van der Waals surface area contributed by atoms with Gasteiger partial charge in [0.15, 0.2) is 0 Å². The molecular formula is C15H29N3O. The molecule has 2 aliphatic heterocycles. The van der Waals surface area contributed by atoms with E-state index in [1.54, 1.807) is 0 Å². The summed E-state index contributed by atoms with van der Waals surface area (Å²) in [5, 5.41) is 0. The largest absolute Gasteiger partial charge is 0.375 e. The van der Waals surface area contributed by atoms with Gasteiger partial charge >= 0.3 is 0 Å². The van der Waals surface area contributed by atoms with E-state index < -0.39 is 0 Å². The number of hydrogen-bond acceptors (Lipinski definition) is 4. The smallest absolute Gasteiger partial charge is 0.0568 e. The molecule has 0 aromatic carbocycles. The number of hydrogen-bond donors (Lipinski definition) is 1. The van der Waals surface area contributed by atoms with Crippen LogP contribution in [0, 0.1) is 0 Å². The van der Waals surface area contributed by atoms with E-state index >= 15 is 0 Å². The molecule has 2 N–H and O–H groups in total. The first-order chi connectivity index (χ1) is 9.13. The van der Waals surface area contributed by atoms with Crippen molar-refractivity contribution < 1.29 is 4.74 Å². The summed E-state index contributed by atoms with van der Waals surface area (Å²) in [5.74, 6) is 0. The van der Waals surface area contributed by atoms with Gasteiger partial charge in [-0.1, -0.05) is 0 Å². The Balaban J connectivity index is 1.64. The summed E-state index contributed by atoms with van der Waals surface area (Å²) in [6.45, 7) is 10.0. The molecule has 1 saturated carbocycles. The fourth-order valence-electron chi connectivity index (χ4n) is 4.20. The number of ether oxygens (including phenoxy) is 1. The van der Waals surface area contributed by atoms with Gasteiger partial charge in [-0.05, 0) is 39.5 Å². The molecule has 0 radical (unpaired) electrons. The van der Waals surface area contributed by atoms with Crippen LogP contribution >= 0.6 is 0 Å². The second-order valence-electron chi connectivity index (χ2n) is 6.85. The van der Waals surface area contributed by atoms with E-state index in [9.17, 15) is 0 Å². The topological polar surface area (TPSA) is 41.7 Å². The second kappa shape index (κ2) is 5.32. The average Bonchev–Trinajstić information content (AvgIpc) is 3.22. The molecular weight excluding hydrogens is 238 g/mol. The van der Waals surface area contributed by atoms with Gasteiger partial charge in [-0.25, -0.2) is 0 Å². The van der Waals surface area contributed by atoms with Crippen LogP contribution in [0.4, 0.5) is 0 Å². The second-order valence-corrected chi connectivity index (χ2v) is 6.85. The molecule has 0 amide bonds. The van der Waals surface area contributed by atoms with E-state index in [1.807, 2.05) is 0 Å². The normalized spacial score (nSPS) is 42.5. The molecule has 0 bridgehead atoms. The molecule has 4 heteroatoms. The van der Waals surface area contributed by atoms with Crippen molar-refractivity contribution in [1.29, 1.82) is 0 Å². The summed E-state index contributed by atoms with van der Waals surface area (Å²) in [6, 6.07) is 0.906. The van der Waals surface area contributed by atoms with Gasteiger partial charge in [-0.15, -0.1) is 0 Å². The van der Waals surface area contributed by atoms with Gasteiger partial charge in [-0.2, -0.15) is 0 Å². The van der Waals surface area contributed by atoms with Crippen molar-refractivity contribution in [2.75, 3.05) is 32.7 Å². The van der Waals surface area contributed by atoms with Crippen molar-refractivity contribution in [1.82, 2.24) is 9.80 Å². The Bertz CT molecular complexity index is 301. The minimum atomic E-state index is 0.187. The highest BCUT2D eigenvalue weighted by molar-refractivity contribution is 5.00. The molecule has 0 spiro atoms. The Labute approximate surface area is 117 Å². The highest BCUT2D eigenvalue weighted by Crippen LogP contribution is 2.35. The molecule has 2 unspecified atom stereocenters. The van der Waals surface area contributed by atoms with E-state index in [4.69, 9.17) is 10.5 Å². The first-order valence-electron chi connectivity index (χ1n) is 7.97. The summed E-state index contributed by atoms with van der Waals surface area (Å²) >= 11 is 0. The molecule has 3 aliphatic rings. The molecule has 2 atom stereocenters. The minimum absolute atomic E-state index is 0.187. The summed E-state index contributed by atoms with van der Waals surface area (Å²) in [7, 11) is 0. The molecule has 2 heterocycles. The Morgan fingerprint density at radius 2 is 1.63 bits per heavy atom. The maximum Gasteiger partial charge on any atom is 0.0568 e. The van der Waals surface area contributed by atoms with Crippen LogP contribution < -0.4 is 5.73 Å². The van der Waals surface area contributed by atoms with Crippen molar-refractivity contribution in [3.63, 3.8) is 0 Å². The van der Waals surface area contributed by atoms with E-state index in [0.29, 0.717) is 12.2 Å². The summed E-state index contributed by atoms with van der Waals surface area (Å²) < 4.78 is 5.91. The standard InChI is InChI=1S/C15H29N3O/c1-12-9-15(11-16,10-13(2)19-12)18-7-5-17(6-8-18)14-3-4-14/h12-14H,3-11,16H2,1-2H3. The zero-order valence-corrected chi connectivity index (χ0v) is 12.5. The van der Waals surface area contributed by atoms with Gasteiger partial charge < -0.3 is 10.5 Å². The van der Waals surface area contributed by atoms with Crippen molar-refractivity contribution in [3.8, 4) is 0 Å². The molecule has 110 valence electrons. The number of piperazine rings is 1. The van der Waals surface area contributed by atoms with Crippen LogP contribution in [0.5, 0.6) is 0 Å². The molecule has 0 aromatic heterocycles. The quantitative estimate of drug-likeness (QED) is 0.830. The maximum atomic E-state index is 6.19. The highest BCUT2D eigenvalue weighted by atomic mass is 16.5. The predicted octanol–water partition coefficient (Wildman–Crippen LogP) is 1.05. The summed E-state index contributed by atoms with van der Waals surface area (Å²) in [6.07, 6.45) is 5.71. The summed E-state index contributed by atoms with van der Waals surface area (Å²) in [4.78, 5) is 5.34. The van der Waals surface area contributed by atoms with Crippen LogP contribution in [0.2, 0.25) is 0 Å². The van der Waals surface area contributed by atoms with Crippen molar-refractivity contribution in [3.05, 3.63) is 0 Å². The Morgan fingerprint density at radius 1 is 1.05 bits per heavy atom. The van der Waals surface area contributed by atoms with Crippen LogP contribution in [-0.4, -0.2) is 66.3 Å². The summed E-state index contributed by atoms with van der Waals surface area (Å²) in [5.41, 5.74) is 6.38. The van der Waals surface area contributed by atoms with E-state index in [-0.39, 0.29) is 5.54 Å². The van der Waals surface area contributed by atoms with Gasteiger partial charge in [0.05, 0.1) is 12.2 Å². The minimum Gasteiger partial charge on any atom is -0.375 e. The maximum absolute atomic E-state index is 6.19. The first kappa shape index (κ1) is 13.8. The van der Waals surface area contributed by atoms with Crippen LogP contribution in [0.15, 0.2) is 0 Å². The molecule has 3 rings (SSSR count). The number of nitrogens with zero attached hydrogens (tertiary/aromatic N) is 2. The van der Waals surface area contributed by atoms with Crippen molar-refractivity contribution in [2.24, 2.45) is 5.73 Å². The van der Waals surface area contributed by atoms with E-state index in [0.717, 1.165) is 25.4 Å². The first-order valence-corrected chi connectivity index (χ1v) is 7.97. The SMILES string of the molecule is CC1CC(CN)(N2CCN(C3CC3)CC2)CC(C)O1. The molecule has 3 fully saturated rings. The van der Waals surface area contributed by atoms with Gasteiger partial charge in [0.25, 0.3) is 0 Å². The highest BCUT2D eigenvalue weighted by Gasteiger charge is 2.44. The van der Waals surface area contributed by atoms with E-state index in [2.05, 4.69) is 23.6 Å². The lowest BCUT2D eigenvalue weighted by atomic mass is 9.82. The monoisotopic (exact) mass is 267 g/mol. The third-order valence-corrected chi connectivity index (χ3v) is 5.23. The van der Waals surface area contributed by atoms with Gasteiger partial charge in [0.1, 0.15) is 0 Å². The Hall–Kier alpha value is -0.160. The molecule has 1 aliphatic carbocycles. The van der Waals surface area contributed by atoms with E-state index in [1.165, 1.54) is 39.0 Å².